The average molecular weight is 338 g/mol. The molecule has 1 heterocycles. The van der Waals surface area contributed by atoms with Crippen LogP contribution in [0.5, 0.6) is 0 Å². The van der Waals surface area contributed by atoms with Crippen LogP contribution in [0, 0.1) is 34.5 Å². The van der Waals surface area contributed by atoms with Gasteiger partial charge in [-0.2, -0.15) is 0 Å². The highest BCUT2D eigenvalue weighted by Crippen LogP contribution is 2.66. The zero-order valence-electron chi connectivity index (χ0n) is 15.6. The summed E-state index contributed by atoms with van der Waals surface area (Å²) >= 11 is 0. The van der Waals surface area contributed by atoms with Gasteiger partial charge in [-0.15, -0.1) is 0 Å². The number of Topliss-reactive ketones (excluding diaryl/α,β-unsaturated/α-hetero) is 1. The summed E-state index contributed by atoms with van der Waals surface area (Å²) in [7, 11) is 0. The first-order valence-corrected chi connectivity index (χ1v) is 10.2. The van der Waals surface area contributed by atoms with Crippen LogP contribution >= 0.6 is 0 Å². The fourth-order valence-corrected chi connectivity index (χ4v) is 7.39. The minimum atomic E-state index is 0.301. The summed E-state index contributed by atoms with van der Waals surface area (Å²) in [6.45, 7) is 5.04. The molecule has 6 atom stereocenters. The third kappa shape index (κ3) is 2.10. The van der Waals surface area contributed by atoms with Crippen molar-refractivity contribution in [3.05, 3.63) is 24.8 Å². The Balaban J connectivity index is 1.45. The Labute approximate surface area is 150 Å². The van der Waals surface area contributed by atoms with Gasteiger partial charge in [-0.25, -0.2) is 4.98 Å². The number of allylic oxidation sites excluding steroid dienone is 2. The van der Waals surface area contributed by atoms with Crippen molar-refractivity contribution in [3.63, 3.8) is 0 Å². The van der Waals surface area contributed by atoms with Gasteiger partial charge >= 0.3 is 0 Å². The van der Waals surface area contributed by atoms with Crippen molar-refractivity contribution in [1.29, 1.82) is 0 Å². The molecule has 4 aliphatic carbocycles. The van der Waals surface area contributed by atoms with Crippen molar-refractivity contribution >= 4 is 11.5 Å². The molecule has 3 nitrogen and oxygen atoms in total. The quantitative estimate of drug-likeness (QED) is 0.726. The summed E-state index contributed by atoms with van der Waals surface area (Å²) in [5, 5.41) is 0. The van der Waals surface area contributed by atoms with Gasteiger partial charge in [0.1, 0.15) is 5.78 Å². The van der Waals surface area contributed by atoms with E-state index >= 15 is 0 Å². The van der Waals surface area contributed by atoms with E-state index in [1.165, 1.54) is 37.8 Å². The van der Waals surface area contributed by atoms with E-state index < -0.39 is 0 Å². The van der Waals surface area contributed by atoms with Crippen LogP contribution in [0.15, 0.2) is 24.8 Å². The second-order valence-electron chi connectivity index (χ2n) is 9.65. The zero-order valence-corrected chi connectivity index (χ0v) is 15.6. The maximum atomic E-state index is 12.0. The third-order valence-corrected chi connectivity index (χ3v) is 8.80. The van der Waals surface area contributed by atoms with Crippen LogP contribution in [-0.4, -0.2) is 15.3 Å². The van der Waals surface area contributed by atoms with E-state index in [1.807, 2.05) is 12.5 Å². The number of nitrogens with zero attached hydrogens (tertiary/aromatic N) is 2. The average Bonchev–Trinajstić information content (AvgIpc) is 3.22. The normalized spacial score (nSPS) is 46.2. The maximum absolute atomic E-state index is 12.0. The first kappa shape index (κ1) is 15.8. The number of ketones is 1. The lowest BCUT2D eigenvalue weighted by Gasteiger charge is -2.60. The first-order chi connectivity index (χ1) is 12.0. The first-order valence-electron chi connectivity index (χ1n) is 10.2. The van der Waals surface area contributed by atoms with Gasteiger partial charge in [0.25, 0.3) is 0 Å². The third-order valence-electron chi connectivity index (χ3n) is 8.80. The second-order valence-corrected chi connectivity index (χ2v) is 9.65. The molecule has 3 saturated carbocycles. The van der Waals surface area contributed by atoms with Crippen molar-refractivity contribution in [2.75, 3.05) is 0 Å². The summed E-state index contributed by atoms with van der Waals surface area (Å²) in [4.78, 5) is 16.3. The van der Waals surface area contributed by atoms with E-state index in [1.54, 1.807) is 0 Å². The predicted octanol–water partition coefficient (Wildman–Crippen LogP) is 4.95. The number of carbonyl (C=O) groups is 1. The van der Waals surface area contributed by atoms with Gasteiger partial charge in [0.2, 0.25) is 0 Å². The molecule has 25 heavy (non-hydrogen) atoms. The van der Waals surface area contributed by atoms with Crippen LogP contribution in [0.4, 0.5) is 0 Å². The largest absolute Gasteiger partial charge is 0.310 e. The maximum Gasteiger partial charge on any atom is 0.133 e. The Kier molecular flexibility index (Phi) is 3.37. The monoisotopic (exact) mass is 338 g/mol. The van der Waals surface area contributed by atoms with Gasteiger partial charge in [-0.3, -0.25) is 4.79 Å². The van der Waals surface area contributed by atoms with Crippen LogP contribution in [0.3, 0.4) is 0 Å². The van der Waals surface area contributed by atoms with Crippen molar-refractivity contribution in [3.8, 4) is 0 Å². The standard InChI is InChI=1S/C22H30N2O/c1-21-9-7-16(25)13-15(21)3-4-17-18-5-6-20(24-12-11-23-14-24)22(18,2)10-8-19(17)21/h6,11-12,14-15,17-19H,3-5,7-10,13H2,1-2H3. The highest BCUT2D eigenvalue weighted by Gasteiger charge is 2.58. The van der Waals surface area contributed by atoms with Gasteiger partial charge in [0, 0.05) is 36.3 Å². The highest BCUT2D eigenvalue weighted by molar-refractivity contribution is 5.79. The lowest BCUT2D eigenvalue weighted by atomic mass is 9.45. The molecule has 0 saturated heterocycles. The Bertz CT molecular complexity index is 720. The molecule has 0 amide bonds. The lowest BCUT2D eigenvalue weighted by Crippen LogP contribution is -2.53. The summed E-state index contributed by atoms with van der Waals surface area (Å²) in [5.41, 5.74) is 2.20. The minimum absolute atomic E-state index is 0.301. The molecule has 6 unspecified atom stereocenters. The molecule has 0 aliphatic heterocycles. The molecule has 3 heteroatoms. The van der Waals surface area contributed by atoms with Gasteiger partial charge in [-0.1, -0.05) is 19.9 Å². The molecule has 0 bridgehead atoms. The lowest BCUT2D eigenvalue weighted by molar-refractivity contribution is -0.136. The fraction of sp³-hybridized carbons (Fsp3) is 0.727. The molecule has 1 aromatic rings. The summed E-state index contributed by atoms with van der Waals surface area (Å²) < 4.78 is 2.26. The molecule has 1 aromatic heterocycles. The minimum Gasteiger partial charge on any atom is -0.310 e. The van der Waals surface area contributed by atoms with Gasteiger partial charge in [-0.05, 0) is 67.6 Å². The molecular formula is C22H30N2O. The number of rotatable bonds is 1. The van der Waals surface area contributed by atoms with E-state index in [9.17, 15) is 4.79 Å². The summed E-state index contributed by atoms with van der Waals surface area (Å²) in [6.07, 6.45) is 17.8. The van der Waals surface area contributed by atoms with Gasteiger partial charge in [0.05, 0.1) is 6.33 Å². The molecule has 0 radical (unpaired) electrons. The number of hydrogen-bond acceptors (Lipinski definition) is 2. The van der Waals surface area contributed by atoms with Crippen LogP contribution < -0.4 is 0 Å². The van der Waals surface area contributed by atoms with Crippen molar-refractivity contribution in [2.24, 2.45) is 34.5 Å². The molecule has 4 aliphatic rings. The molecule has 134 valence electrons. The predicted molar refractivity (Wildman–Crippen MR) is 98.6 cm³/mol. The number of hydrogen-bond donors (Lipinski definition) is 0. The highest BCUT2D eigenvalue weighted by atomic mass is 16.1. The van der Waals surface area contributed by atoms with E-state index in [0.29, 0.717) is 22.5 Å². The molecule has 0 aromatic carbocycles. The number of aromatic nitrogens is 2. The van der Waals surface area contributed by atoms with Crippen molar-refractivity contribution in [1.82, 2.24) is 9.55 Å². The Morgan fingerprint density at radius 3 is 2.84 bits per heavy atom. The van der Waals surface area contributed by atoms with Crippen LogP contribution in [0.25, 0.3) is 5.70 Å². The molecule has 0 spiro atoms. The van der Waals surface area contributed by atoms with Crippen molar-refractivity contribution < 1.29 is 4.79 Å². The summed E-state index contributed by atoms with van der Waals surface area (Å²) in [6, 6.07) is 0. The number of carbonyl (C=O) groups excluding carboxylic acids is 1. The second kappa shape index (κ2) is 5.31. The molecular weight excluding hydrogens is 308 g/mol. The summed E-state index contributed by atoms with van der Waals surface area (Å²) in [5.74, 6) is 3.62. The van der Waals surface area contributed by atoms with Crippen LogP contribution in [0.2, 0.25) is 0 Å². The Morgan fingerprint density at radius 1 is 1.16 bits per heavy atom. The van der Waals surface area contributed by atoms with E-state index in [-0.39, 0.29) is 0 Å². The molecule has 3 fully saturated rings. The van der Waals surface area contributed by atoms with Gasteiger partial charge in [0.15, 0.2) is 0 Å². The number of imidazole rings is 1. The van der Waals surface area contributed by atoms with Crippen LogP contribution in [0.1, 0.15) is 65.2 Å². The molecule has 0 N–H and O–H groups in total. The number of fused-ring (bicyclic) bond motifs is 5. The van der Waals surface area contributed by atoms with E-state index in [2.05, 4.69) is 35.7 Å². The Hall–Kier alpha value is -1.38. The SMILES string of the molecule is CC12CCC3C(CCC4CC(=O)CCC43C)C1CC=C2n1ccnc1. The van der Waals surface area contributed by atoms with Crippen molar-refractivity contribution in [2.45, 2.75) is 65.2 Å². The smallest absolute Gasteiger partial charge is 0.133 e. The fourth-order valence-electron chi connectivity index (χ4n) is 7.39. The van der Waals surface area contributed by atoms with E-state index in [0.717, 1.165) is 37.0 Å². The van der Waals surface area contributed by atoms with Crippen LogP contribution in [-0.2, 0) is 4.79 Å². The van der Waals surface area contributed by atoms with Gasteiger partial charge < -0.3 is 4.57 Å². The zero-order chi connectivity index (χ0) is 17.2. The Morgan fingerprint density at radius 2 is 2.04 bits per heavy atom. The van der Waals surface area contributed by atoms with E-state index in [4.69, 9.17) is 0 Å². The molecule has 5 rings (SSSR count). The topological polar surface area (TPSA) is 34.9 Å².